The van der Waals surface area contributed by atoms with E-state index in [0.29, 0.717) is 11.5 Å². The minimum absolute atomic E-state index is 0.0860. The van der Waals surface area contributed by atoms with Crippen LogP contribution in [0.5, 0.6) is 0 Å². The summed E-state index contributed by atoms with van der Waals surface area (Å²) in [5, 5.41) is 10.2. The Labute approximate surface area is 119 Å². The monoisotopic (exact) mass is 282 g/mol. The van der Waals surface area contributed by atoms with Gasteiger partial charge < -0.3 is 9.84 Å². The first-order valence-corrected chi connectivity index (χ1v) is 6.91. The molecule has 0 saturated heterocycles. The number of esters is 1. The molecule has 2 unspecified atom stereocenters. The zero-order valence-electron chi connectivity index (χ0n) is 12.5. The summed E-state index contributed by atoms with van der Waals surface area (Å²) in [6.45, 7) is 7.19. The highest BCUT2D eigenvalue weighted by Gasteiger charge is 2.40. The lowest BCUT2D eigenvalue weighted by Gasteiger charge is -2.26. The average molecular weight is 282 g/mol. The molecule has 0 heterocycles. The minimum atomic E-state index is -2.10. The van der Waals surface area contributed by atoms with E-state index in [-0.39, 0.29) is 6.61 Å². The summed E-state index contributed by atoms with van der Waals surface area (Å²) in [4.78, 5) is 11.4. The SMILES string of the molecule is CCOC(=O)C(F)C(C)(O)c1ccc(CC(C)C)cc1. The van der Waals surface area contributed by atoms with Gasteiger partial charge in [-0.05, 0) is 37.3 Å². The van der Waals surface area contributed by atoms with Crippen LogP contribution in [-0.4, -0.2) is 23.9 Å². The molecule has 20 heavy (non-hydrogen) atoms. The number of alkyl halides is 1. The molecule has 2 atom stereocenters. The topological polar surface area (TPSA) is 46.5 Å². The molecule has 0 aromatic heterocycles. The van der Waals surface area contributed by atoms with Crippen molar-refractivity contribution in [1.82, 2.24) is 0 Å². The summed E-state index contributed by atoms with van der Waals surface area (Å²) >= 11 is 0. The quantitative estimate of drug-likeness (QED) is 0.816. The first-order chi connectivity index (χ1) is 9.28. The van der Waals surface area contributed by atoms with Crippen LogP contribution in [0.4, 0.5) is 4.39 Å². The largest absolute Gasteiger partial charge is 0.464 e. The lowest BCUT2D eigenvalue weighted by Crippen LogP contribution is -2.40. The molecule has 1 N–H and O–H groups in total. The van der Waals surface area contributed by atoms with Crippen LogP contribution >= 0.6 is 0 Å². The first-order valence-electron chi connectivity index (χ1n) is 6.91. The number of aliphatic hydroxyl groups is 1. The van der Waals surface area contributed by atoms with Crippen molar-refractivity contribution in [2.75, 3.05) is 6.61 Å². The van der Waals surface area contributed by atoms with E-state index in [1.165, 1.54) is 6.92 Å². The van der Waals surface area contributed by atoms with E-state index in [2.05, 4.69) is 18.6 Å². The molecule has 0 saturated carbocycles. The number of halogens is 1. The van der Waals surface area contributed by atoms with Gasteiger partial charge in [0.2, 0.25) is 6.17 Å². The fourth-order valence-electron chi connectivity index (χ4n) is 2.04. The number of ether oxygens (including phenoxy) is 1. The standard InChI is InChI=1S/C16H23FO3/c1-5-20-15(18)14(17)16(4,19)13-8-6-12(7-9-13)10-11(2)3/h6-9,11,14,19H,5,10H2,1-4H3. The van der Waals surface area contributed by atoms with Crippen LogP contribution in [0.15, 0.2) is 24.3 Å². The lowest BCUT2D eigenvalue weighted by molar-refractivity contribution is -0.160. The minimum Gasteiger partial charge on any atom is -0.464 e. The maximum absolute atomic E-state index is 14.0. The van der Waals surface area contributed by atoms with Gasteiger partial charge >= 0.3 is 5.97 Å². The van der Waals surface area contributed by atoms with Gasteiger partial charge in [0.15, 0.2) is 0 Å². The number of rotatable bonds is 6. The van der Waals surface area contributed by atoms with Gasteiger partial charge in [-0.1, -0.05) is 38.1 Å². The van der Waals surface area contributed by atoms with Crippen molar-refractivity contribution in [2.45, 2.75) is 45.9 Å². The van der Waals surface area contributed by atoms with Crippen molar-refractivity contribution < 1.29 is 19.0 Å². The Morgan fingerprint density at radius 2 is 1.90 bits per heavy atom. The second-order valence-electron chi connectivity index (χ2n) is 5.56. The molecule has 0 aliphatic heterocycles. The zero-order chi connectivity index (χ0) is 15.3. The second kappa shape index (κ2) is 6.84. The van der Waals surface area contributed by atoms with E-state index in [0.717, 1.165) is 12.0 Å². The Hall–Kier alpha value is -1.42. The highest BCUT2D eigenvalue weighted by Crippen LogP contribution is 2.28. The molecular formula is C16H23FO3. The normalized spacial score (nSPS) is 15.8. The van der Waals surface area contributed by atoms with Crippen LogP contribution in [0, 0.1) is 5.92 Å². The average Bonchev–Trinajstić information content (AvgIpc) is 2.38. The van der Waals surface area contributed by atoms with Crippen LogP contribution in [0.2, 0.25) is 0 Å². The zero-order valence-corrected chi connectivity index (χ0v) is 12.5. The van der Waals surface area contributed by atoms with Gasteiger partial charge in [0.05, 0.1) is 6.61 Å². The van der Waals surface area contributed by atoms with Crippen molar-refractivity contribution in [2.24, 2.45) is 5.92 Å². The number of carbonyl (C=O) groups is 1. The number of carbonyl (C=O) groups excluding carboxylic acids is 1. The number of benzene rings is 1. The molecule has 112 valence electrons. The molecule has 1 rings (SSSR count). The number of hydrogen-bond donors (Lipinski definition) is 1. The maximum Gasteiger partial charge on any atom is 0.344 e. The summed E-state index contributed by atoms with van der Waals surface area (Å²) < 4.78 is 18.6. The van der Waals surface area contributed by atoms with E-state index in [4.69, 9.17) is 0 Å². The van der Waals surface area contributed by atoms with Gasteiger partial charge in [0.1, 0.15) is 5.60 Å². The van der Waals surface area contributed by atoms with Crippen LogP contribution in [0.3, 0.4) is 0 Å². The van der Waals surface area contributed by atoms with Gasteiger partial charge in [-0.15, -0.1) is 0 Å². The molecule has 0 radical (unpaired) electrons. The summed E-state index contributed by atoms with van der Waals surface area (Å²) in [6, 6.07) is 7.01. The van der Waals surface area contributed by atoms with Crippen LogP contribution in [0.25, 0.3) is 0 Å². The molecule has 4 heteroatoms. The Balaban J connectivity index is 2.89. The van der Waals surface area contributed by atoms with Crippen LogP contribution < -0.4 is 0 Å². The molecule has 3 nitrogen and oxygen atoms in total. The molecule has 1 aromatic carbocycles. The predicted molar refractivity (Wildman–Crippen MR) is 76.1 cm³/mol. The summed E-state index contributed by atoms with van der Waals surface area (Å²) in [5.74, 6) is -0.515. The molecule has 0 spiro atoms. The Morgan fingerprint density at radius 3 is 2.35 bits per heavy atom. The maximum atomic E-state index is 14.0. The number of hydrogen-bond acceptors (Lipinski definition) is 3. The van der Waals surface area contributed by atoms with Gasteiger partial charge in [0, 0.05) is 0 Å². The predicted octanol–water partition coefficient (Wildman–Crippen LogP) is 2.99. The molecule has 0 amide bonds. The third kappa shape index (κ3) is 4.04. The van der Waals surface area contributed by atoms with E-state index >= 15 is 0 Å². The molecule has 0 aliphatic rings. The van der Waals surface area contributed by atoms with E-state index < -0.39 is 17.7 Å². The lowest BCUT2D eigenvalue weighted by atomic mass is 9.89. The van der Waals surface area contributed by atoms with Gasteiger partial charge in [-0.25, -0.2) is 9.18 Å². The van der Waals surface area contributed by atoms with Crippen LogP contribution in [-0.2, 0) is 21.6 Å². The molecule has 0 aliphatic carbocycles. The smallest absolute Gasteiger partial charge is 0.344 e. The van der Waals surface area contributed by atoms with Crippen molar-refractivity contribution in [3.05, 3.63) is 35.4 Å². The molecule has 1 aromatic rings. The summed E-state index contributed by atoms with van der Waals surface area (Å²) in [5.41, 5.74) is -0.403. The second-order valence-corrected chi connectivity index (χ2v) is 5.56. The third-order valence-electron chi connectivity index (χ3n) is 3.17. The van der Waals surface area contributed by atoms with Gasteiger partial charge in [-0.3, -0.25) is 0 Å². The van der Waals surface area contributed by atoms with Crippen molar-refractivity contribution in [3.63, 3.8) is 0 Å². The Kier molecular flexibility index (Phi) is 5.69. The first kappa shape index (κ1) is 16.6. The Morgan fingerprint density at radius 1 is 1.35 bits per heavy atom. The van der Waals surface area contributed by atoms with Crippen LogP contribution in [0.1, 0.15) is 38.8 Å². The van der Waals surface area contributed by atoms with Crippen molar-refractivity contribution in [3.8, 4) is 0 Å². The third-order valence-corrected chi connectivity index (χ3v) is 3.17. The van der Waals surface area contributed by atoms with E-state index in [1.54, 1.807) is 19.1 Å². The van der Waals surface area contributed by atoms with Gasteiger partial charge in [0.25, 0.3) is 0 Å². The van der Waals surface area contributed by atoms with Gasteiger partial charge in [-0.2, -0.15) is 0 Å². The van der Waals surface area contributed by atoms with E-state index in [9.17, 15) is 14.3 Å². The fourth-order valence-corrected chi connectivity index (χ4v) is 2.04. The van der Waals surface area contributed by atoms with Crippen molar-refractivity contribution >= 4 is 5.97 Å². The highest BCUT2D eigenvalue weighted by atomic mass is 19.1. The van der Waals surface area contributed by atoms with E-state index in [1.807, 2.05) is 12.1 Å². The molecular weight excluding hydrogens is 259 g/mol. The molecule has 0 bridgehead atoms. The Bertz CT molecular complexity index is 438. The van der Waals surface area contributed by atoms with Crippen molar-refractivity contribution in [1.29, 1.82) is 0 Å². The fraction of sp³-hybridized carbons (Fsp3) is 0.562. The highest BCUT2D eigenvalue weighted by molar-refractivity contribution is 5.76. The molecule has 0 fully saturated rings. The summed E-state index contributed by atoms with van der Waals surface area (Å²) in [6.07, 6.45) is -1.18. The summed E-state index contributed by atoms with van der Waals surface area (Å²) in [7, 11) is 0.